The van der Waals surface area contributed by atoms with E-state index >= 15 is 0 Å². The number of hydrogen-bond donors (Lipinski definition) is 0. The van der Waals surface area contributed by atoms with Crippen LogP contribution < -0.4 is 0 Å². The maximum absolute atomic E-state index is 12.6. The van der Waals surface area contributed by atoms with Gasteiger partial charge in [0.2, 0.25) is 3.79 Å². The van der Waals surface area contributed by atoms with Crippen molar-refractivity contribution in [1.29, 1.82) is 0 Å². The fourth-order valence-electron chi connectivity index (χ4n) is 1.47. The number of nitrogens with zero attached hydrogens (tertiary/aromatic N) is 2. The summed E-state index contributed by atoms with van der Waals surface area (Å²) in [5.74, 6) is 0. The van der Waals surface area contributed by atoms with Crippen molar-refractivity contribution in [3.05, 3.63) is 11.8 Å². The number of hydrogen-bond acceptors (Lipinski definition) is 5. The molecule has 0 aliphatic carbocycles. The van der Waals surface area contributed by atoms with Gasteiger partial charge in [0.1, 0.15) is 6.61 Å². The molecule has 5 nitrogen and oxygen atoms in total. The number of alkyl halides is 3. The van der Waals surface area contributed by atoms with Crippen LogP contribution in [0.4, 0.5) is 0 Å². The fraction of sp³-hybridized carbons (Fsp3) is 0.700. The molecule has 10 heteroatoms. The van der Waals surface area contributed by atoms with Crippen molar-refractivity contribution < 1.29 is 13.6 Å². The van der Waals surface area contributed by atoms with Crippen molar-refractivity contribution in [3.8, 4) is 0 Å². The van der Waals surface area contributed by atoms with Crippen molar-refractivity contribution in [2.45, 2.75) is 21.9 Å². The molecule has 0 fully saturated rings. The van der Waals surface area contributed by atoms with Gasteiger partial charge in [0.05, 0.1) is 23.5 Å². The van der Waals surface area contributed by atoms with Gasteiger partial charge in [0.15, 0.2) is 0 Å². The van der Waals surface area contributed by atoms with Crippen LogP contribution in [0.3, 0.4) is 0 Å². The Bertz CT molecular complexity index is 493. The summed E-state index contributed by atoms with van der Waals surface area (Å²) in [4.78, 5) is 0. The molecule has 0 amide bonds. The summed E-state index contributed by atoms with van der Waals surface area (Å²) in [6.45, 7) is 1.65. The smallest absolute Gasteiger partial charge is 0.309 e. The van der Waals surface area contributed by atoms with Crippen LogP contribution in [-0.2, 0) is 26.8 Å². The maximum atomic E-state index is 12.6. The second kappa shape index (κ2) is 7.73. The first kappa shape index (κ1) is 18.6. The second-order valence-corrected chi connectivity index (χ2v) is 9.27. The predicted octanol–water partition coefficient (Wildman–Crippen LogP) is 4.26. The first-order valence-corrected chi connectivity index (χ1v) is 9.79. The molecule has 0 spiro atoms. The molecule has 0 aromatic carbocycles. The third-order valence-electron chi connectivity index (χ3n) is 2.20. The van der Waals surface area contributed by atoms with E-state index < -0.39 is 11.4 Å². The largest absolute Gasteiger partial charge is 0.336 e. The number of aromatic nitrogens is 2. The van der Waals surface area contributed by atoms with Gasteiger partial charge in [-0.1, -0.05) is 34.8 Å². The molecule has 116 valence electrons. The molecule has 0 aliphatic rings. The highest BCUT2D eigenvalue weighted by Gasteiger charge is 2.31. The van der Waals surface area contributed by atoms with Gasteiger partial charge in [-0.3, -0.25) is 9.25 Å². The van der Waals surface area contributed by atoms with E-state index in [4.69, 9.17) is 43.9 Å². The summed E-state index contributed by atoms with van der Waals surface area (Å²) < 4.78 is 23.0. The quantitative estimate of drug-likeness (QED) is 0.401. The molecular weight excluding hydrogens is 366 g/mol. The van der Waals surface area contributed by atoms with E-state index in [2.05, 4.69) is 5.10 Å². The average molecular weight is 382 g/mol. The molecule has 20 heavy (non-hydrogen) atoms. The normalized spacial score (nSPS) is 15.3. The highest BCUT2D eigenvalue weighted by atomic mass is 35.6. The van der Waals surface area contributed by atoms with Crippen LogP contribution in [0.5, 0.6) is 0 Å². The molecule has 1 rings (SSSR count). The predicted molar refractivity (Wildman–Crippen MR) is 84.2 cm³/mol. The van der Waals surface area contributed by atoms with Crippen molar-refractivity contribution in [1.82, 2.24) is 9.78 Å². The van der Waals surface area contributed by atoms with E-state index in [9.17, 15) is 4.57 Å². The highest BCUT2D eigenvalue weighted by molar-refractivity contribution is 7.98. The summed E-state index contributed by atoms with van der Waals surface area (Å²) in [7, 11) is -1.58. The van der Waals surface area contributed by atoms with Gasteiger partial charge in [-0.2, -0.15) is 5.10 Å². The van der Waals surface area contributed by atoms with Gasteiger partial charge in [0.25, 0.3) is 0 Å². The molecule has 0 radical (unpaired) electrons. The third-order valence-corrected chi connectivity index (χ3v) is 5.22. The lowest BCUT2D eigenvalue weighted by Crippen LogP contribution is -2.13. The molecular formula is C10H16Cl3N2O3PS. The topological polar surface area (TPSA) is 53.4 Å². The first-order valence-electron chi connectivity index (χ1n) is 5.71. The van der Waals surface area contributed by atoms with Gasteiger partial charge in [-0.15, -0.1) is 11.8 Å². The molecule has 0 N–H and O–H groups in total. The van der Waals surface area contributed by atoms with E-state index in [1.165, 1.54) is 11.8 Å². The Morgan fingerprint density at radius 3 is 2.55 bits per heavy atom. The maximum Gasteiger partial charge on any atom is 0.336 e. The van der Waals surface area contributed by atoms with Crippen LogP contribution >= 0.6 is 54.2 Å². The first-order chi connectivity index (χ1) is 9.19. The number of rotatable bonds is 7. The van der Waals surface area contributed by atoms with Crippen LogP contribution in [0.1, 0.15) is 12.6 Å². The lowest BCUT2D eigenvalue weighted by Gasteiger charge is -2.19. The molecule has 1 aromatic rings. The molecule has 1 unspecified atom stereocenters. The van der Waals surface area contributed by atoms with Gasteiger partial charge >= 0.3 is 7.60 Å². The van der Waals surface area contributed by atoms with Crippen LogP contribution in [-0.4, -0.2) is 33.0 Å². The number of halogens is 3. The molecule has 1 heterocycles. The highest BCUT2D eigenvalue weighted by Crippen LogP contribution is 2.52. The fourth-order valence-corrected chi connectivity index (χ4v) is 4.01. The van der Waals surface area contributed by atoms with Crippen molar-refractivity contribution in [2.24, 2.45) is 7.05 Å². The van der Waals surface area contributed by atoms with Gasteiger partial charge in [0, 0.05) is 7.05 Å². The summed E-state index contributed by atoms with van der Waals surface area (Å²) in [5.41, 5.74) is 0.609. The van der Waals surface area contributed by atoms with E-state index in [0.29, 0.717) is 5.69 Å². The number of thioether (sulfide) groups is 1. The SMILES string of the molecule is CCOP(=O)(Cc1cc(SC)n(C)n1)OCC(Cl)(Cl)Cl. The monoisotopic (exact) mass is 380 g/mol. The molecule has 0 saturated heterocycles. The zero-order chi connectivity index (χ0) is 15.4. The lowest BCUT2D eigenvalue weighted by atomic mass is 10.5. The Balaban J connectivity index is 2.81. The minimum Gasteiger partial charge on any atom is -0.309 e. The lowest BCUT2D eigenvalue weighted by molar-refractivity contribution is 0.213. The minimum absolute atomic E-state index is 0.0377. The van der Waals surface area contributed by atoms with Crippen molar-refractivity contribution >= 4 is 54.2 Å². The Morgan fingerprint density at radius 1 is 1.45 bits per heavy atom. The zero-order valence-corrected chi connectivity index (χ0v) is 15.3. The van der Waals surface area contributed by atoms with Gasteiger partial charge in [-0.25, -0.2) is 0 Å². The van der Waals surface area contributed by atoms with Crippen LogP contribution in [0, 0.1) is 0 Å². The van der Waals surface area contributed by atoms with E-state index in [1.807, 2.05) is 19.4 Å². The van der Waals surface area contributed by atoms with E-state index in [0.717, 1.165) is 5.03 Å². The molecule has 0 bridgehead atoms. The second-order valence-electron chi connectivity index (χ2n) is 3.88. The minimum atomic E-state index is -3.39. The zero-order valence-electron chi connectivity index (χ0n) is 11.3. The third kappa shape index (κ3) is 6.14. The Hall–Kier alpha value is 0.580. The van der Waals surface area contributed by atoms with Crippen LogP contribution in [0.15, 0.2) is 11.1 Å². The Kier molecular flexibility index (Phi) is 7.20. The van der Waals surface area contributed by atoms with Gasteiger partial charge in [-0.05, 0) is 19.2 Å². The average Bonchev–Trinajstić information content (AvgIpc) is 2.66. The summed E-state index contributed by atoms with van der Waals surface area (Å²) in [6, 6.07) is 1.83. The summed E-state index contributed by atoms with van der Waals surface area (Å²) in [5, 5.41) is 5.21. The van der Waals surface area contributed by atoms with Crippen LogP contribution in [0.25, 0.3) is 0 Å². The molecule has 1 atom stereocenters. The Labute approximate surface area is 137 Å². The molecule has 0 aliphatic heterocycles. The van der Waals surface area contributed by atoms with Crippen LogP contribution in [0.2, 0.25) is 0 Å². The Morgan fingerprint density at radius 2 is 2.10 bits per heavy atom. The molecule has 0 saturated carbocycles. The summed E-state index contributed by atoms with van der Waals surface area (Å²) in [6.07, 6.45) is 1.97. The van der Waals surface area contributed by atoms with E-state index in [1.54, 1.807) is 11.6 Å². The van der Waals surface area contributed by atoms with Crippen molar-refractivity contribution in [3.63, 3.8) is 0 Å². The number of aryl methyl sites for hydroxylation is 1. The summed E-state index contributed by atoms with van der Waals surface area (Å²) >= 11 is 18.3. The van der Waals surface area contributed by atoms with Gasteiger partial charge < -0.3 is 9.05 Å². The standard InChI is InChI=1S/C10H16Cl3N2O3PS/c1-4-17-19(16,18-7-10(11,12)13)6-8-5-9(20-3)15(2)14-8/h5H,4,6-7H2,1-3H3. The van der Waals surface area contributed by atoms with E-state index in [-0.39, 0.29) is 19.4 Å². The molecule has 1 aromatic heterocycles. The van der Waals surface area contributed by atoms with Crippen molar-refractivity contribution in [2.75, 3.05) is 19.5 Å².